The summed E-state index contributed by atoms with van der Waals surface area (Å²) in [5.41, 5.74) is 3.15. The van der Waals surface area contributed by atoms with Crippen LogP contribution >= 0.6 is 23.1 Å². The van der Waals surface area contributed by atoms with Gasteiger partial charge in [0.15, 0.2) is 4.34 Å². The molecule has 0 aliphatic heterocycles. The summed E-state index contributed by atoms with van der Waals surface area (Å²) in [5, 5.41) is 3.89. The lowest BCUT2D eigenvalue weighted by molar-refractivity contribution is -0.116. The molecule has 0 unspecified atom stereocenters. The second-order valence-corrected chi connectivity index (χ2v) is 7.67. The number of aryl methyl sites for hydroxylation is 1. The van der Waals surface area contributed by atoms with Crippen LogP contribution in [0, 0.1) is 0 Å². The summed E-state index contributed by atoms with van der Waals surface area (Å²) in [7, 11) is 0. The highest BCUT2D eigenvalue weighted by Gasteiger charge is 2.15. The highest BCUT2D eigenvalue weighted by molar-refractivity contribution is 8.00. The predicted octanol–water partition coefficient (Wildman–Crippen LogP) is 5.49. The van der Waals surface area contributed by atoms with E-state index in [2.05, 4.69) is 22.4 Å². The Hall–Kier alpha value is -2.11. The van der Waals surface area contributed by atoms with Gasteiger partial charge in [-0.3, -0.25) is 4.79 Å². The molecule has 3 rings (SSSR count). The second-order valence-electron chi connectivity index (χ2n) is 5.61. The lowest BCUT2D eigenvalue weighted by atomic mass is 10.1. The summed E-state index contributed by atoms with van der Waals surface area (Å²) in [5.74, 6) is 0.0458. The van der Waals surface area contributed by atoms with Gasteiger partial charge in [0, 0.05) is 12.0 Å². The number of nitrogens with zero attached hydrogens (tertiary/aromatic N) is 1. The van der Waals surface area contributed by atoms with Crippen molar-refractivity contribution in [3.05, 3.63) is 66.2 Å². The molecule has 1 amide bonds. The van der Waals surface area contributed by atoms with E-state index >= 15 is 0 Å². The summed E-state index contributed by atoms with van der Waals surface area (Å²) >= 11 is 3.13. The van der Waals surface area contributed by atoms with Gasteiger partial charge in [-0.05, 0) is 24.7 Å². The van der Waals surface area contributed by atoms with Gasteiger partial charge < -0.3 is 5.32 Å². The molecule has 128 valence electrons. The molecule has 0 spiro atoms. The SMILES string of the molecule is CSc1nc(-c2ccccc2)c(NC(=O)CCCc2ccccc2)s1. The highest BCUT2D eigenvalue weighted by atomic mass is 32.2. The van der Waals surface area contributed by atoms with E-state index in [0.717, 1.165) is 33.4 Å². The second kappa shape index (κ2) is 8.83. The Bertz CT molecular complexity index is 816. The standard InChI is InChI=1S/C20H20N2OS2/c1-24-20-22-18(16-12-6-3-7-13-16)19(25-20)21-17(23)14-8-11-15-9-4-2-5-10-15/h2-7,9-10,12-13H,8,11,14H2,1H3,(H,21,23). The number of carbonyl (C=O) groups is 1. The van der Waals surface area contributed by atoms with Crippen LogP contribution in [-0.4, -0.2) is 17.1 Å². The molecule has 0 saturated heterocycles. The third kappa shape index (κ3) is 4.94. The van der Waals surface area contributed by atoms with E-state index in [0.29, 0.717) is 6.42 Å². The number of rotatable bonds is 7. The van der Waals surface area contributed by atoms with Crippen molar-refractivity contribution in [2.24, 2.45) is 0 Å². The van der Waals surface area contributed by atoms with Gasteiger partial charge in [-0.15, -0.1) is 0 Å². The van der Waals surface area contributed by atoms with Gasteiger partial charge in [0.25, 0.3) is 0 Å². The number of thioether (sulfide) groups is 1. The van der Waals surface area contributed by atoms with Gasteiger partial charge >= 0.3 is 0 Å². The summed E-state index contributed by atoms with van der Waals surface area (Å²) in [6, 6.07) is 20.2. The van der Waals surface area contributed by atoms with Crippen LogP contribution in [0.15, 0.2) is 65.0 Å². The molecule has 3 nitrogen and oxygen atoms in total. The minimum absolute atomic E-state index is 0.0458. The zero-order chi connectivity index (χ0) is 17.5. The van der Waals surface area contributed by atoms with Crippen molar-refractivity contribution < 1.29 is 4.79 Å². The van der Waals surface area contributed by atoms with Crippen molar-refractivity contribution in [3.63, 3.8) is 0 Å². The Morgan fingerprint density at radius 2 is 1.76 bits per heavy atom. The largest absolute Gasteiger partial charge is 0.316 e. The zero-order valence-corrected chi connectivity index (χ0v) is 15.7. The zero-order valence-electron chi connectivity index (χ0n) is 14.1. The van der Waals surface area contributed by atoms with Crippen LogP contribution in [0.25, 0.3) is 11.3 Å². The van der Waals surface area contributed by atoms with Crippen molar-refractivity contribution in [1.29, 1.82) is 0 Å². The Labute approximate surface area is 156 Å². The molecule has 0 bridgehead atoms. The lowest BCUT2D eigenvalue weighted by Gasteiger charge is -2.05. The van der Waals surface area contributed by atoms with Gasteiger partial charge in [0.2, 0.25) is 5.91 Å². The number of amides is 1. The van der Waals surface area contributed by atoms with Crippen LogP contribution in [-0.2, 0) is 11.2 Å². The maximum Gasteiger partial charge on any atom is 0.225 e. The molecule has 3 aromatic rings. The summed E-state index contributed by atoms with van der Waals surface area (Å²) in [4.78, 5) is 17.0. The minimum atomic E-state index is 0.0458. The quantitative estimate of drug-likeness (QED) is 0.560. The Morgan fingerprint density at radius 1 is 1.08 bits per heavy atom. The van der Waals surface area contributed by atoms with E-state index in [1.165, 1.54) is 16.9 Å². The molecule has 0 atom stereocenters. The topological polar surface area (TPSA) is 42.0 Å². The van der Waals surface area contributed by atoms with Gasteiger partial charge in [-0.1, -0.05) is 83.8 Å². The van der Waals surface area contributed by atoms with E-state index in [1.807, 2.05) is 54.8 Å². The summed E-state index contributed by atoms with van der Waals surface area (Å²) in [6.07, 6.45) is 4.26. The molecule has 1 N–H and O–H groups in total. The maximum atomic E-state index is 12.3. The molecule has 25 heavy (non-hydrogen) atoms. The fourth-order valence-electron chi connectivity index (χ4n) is 2.55. The van der Waals surface area contributed by atoms with Crippen molar-refractivity contribution in [3.8, 4) is 11.3 Å². The van der Waals surface area contributed by atoms with Crippen LogP contribution in [0.2, 0.25) is 0 Å². The molecular formula is C20H20N2OS2. The average molecular weight is 369 g/mol. The summed E-state index contributed by atoms with van der Waals surface area (Å²) < 4.78 is 0.957. The third-order valence-electron chi connectivity index (χ3n) is 3.79. The molecule has 0 saturated carbocycles. The Kier molecular flexibility index (Phi) is 6.25. The van der Waals surface area contributed by atoms with Crippen LogP contribution in [0.4, 0.5) is 5.00 Å². The normalized spacial score (nSPS) is 10.6. The molecule has 0 aliphatic carbocycles. The van der Waals surface area contributed by atoms with Crippen LogP contribution < -0.4 is 5.32 Å². The molecule has 2 aromatic carbocycles. The number of nitrogens with one attached hydrogen (secondary N) is 1. The van der Waals surface area contributed by atoms with Crippen molar-refractivity contribution in [2.45, 2.75) is 23.6 Å². The fourth-order valence-corrected chi connectivity index (χ4v) is 4.05. The van der Waals surface area contributed by atoms with Gasteiger partial charge in [0.1, 0.15) is 10.7 Å². The fraction of sp³-hybridized carbons (Fsp3) is 0.200. The highest BCUT2D eigenvalue weighted by Crippen LogP contribution is 2.36. The number of hydrogen-bond acceptors (Lipinski definition) is 4. The number of aromatic nitrogens is 1. The number of carbonyl (C=O) groups excluding carboxylic acids is 1. The number of anilines is 1. The van der Waals surface area contributed by atoms with Crippen molar-refractivity contribution in [2.75, 3.05) is 11.6 Å². The average Bonchev–Trinajstić information content (AvgIpc) is 3.06. The molecule has 1 aromatic heterocycles. The molecule has 0 aliphatic rings. The first kappa shape index (κ1) is 17.7. The third-order valence-corrected chi connectivity index (χ3v) is 5.75. The van der Waals surface area contributed by atoms with Gasteiger partial charge in [-0.25, -0.2) is 4.98 Å². The van der Waals surface area contributed by atoms with Gasteiger partial charge in [0.05, 0.1) is 0 Å². The molecule has 0 fully saturated rings. The molecule has 1 heterocycles. The first-order chi connectivity index (χ1) is 12.3. The summed E-state index contributed by atoms with van der Waals surface area (Å²) in [6.45, 7) is 0. The van der Waals surface area contributed by atoms with E-state index in [4.69, 9.17) is 0 Å². The van der Waals surface area contributed by atoms with E-state index in [1.54, 1.807) is 11.8 Å². The van der Waals surface area contributed by atoms with Gasteiger partial charge in [-0.2, -0.15) is 0 Å². The number of hydrogen-bond donors (Lipinski definition) is 1. The van der Waals surface area contributed by atoms with Crippen LogP contribution in [0.1, 0.15) is 18.4 Å². The number of benzene rings is 2. The lowest BCUT2D eigenvalue weighted by Crippen LogP contribution is -2.11. The molecular weight excluding hydrogens is 348 g/mol. The maximum absolute atomic E-state index is 12.3. The minimum Gasteiger partial charge on any atom is -0.316 e. The smallest absolute Gasteiger partial charge is 0.225 e. The van der Waals surface area contributed by atoms with Crippen molar-refractivity contribution >= 4 is 34.0 Å². The Balaban J connectivity index is 1.63. The molecule has 0 radical (unpaired) electrons. The van der Waals surface area contributed by atoms with E-state index in [-0.39, 0.29) is 5.91 Å². The first-order valence-corrected chi connectivity index (χ1v) is 10.2. The first-order valence-electron chi connectivity index (χ1n) is 8.20. The molecule has 5 heteroatoms. The van der Waals surface area contributed by atoms with Crippen LogP contribution in [0.3, 0.4) is 0 Å². The van der Waals surface area contributed by atoms with Crippen LogP contribution in [0.5, 0.6) is 0 Å². The Morgan fingerprint density at radius 3 is 2.44 bits per heavy atom. The predicted molar refractivity (Wildman–Crippen MR) is 107 cm³/mol. The van der Waals surface area contributed by atoms with E-state index in [9.17, 15) is 4.79 Å². The monoisotopic (exact) mass is 368 g/mol. The van der Waals surface area contributed by atoms with Crippen molar-refractivity contribution in [1.82, 2.24) is 4.98 Å². The van der Waals surface area contributed by atoms with E-state index < -0.39 is 0 Å². The number of thiazole rings is 1.